The summed E-state index contributed by atoms with van der Waals surface area (Å²) >= 11 is 0. The van der Waals surface area contributed by atoms with Gasteiger partial charge in [-0.3, -0.25) is 4.79 Å². The van der Waals surface area contributed by atoms with E-state index in [1.165, 1.54) is 4.31 Å². The molecule has 1 aromatic rings. The Morgan fingerprint density at radius 3 is 2.22 bits per heavy atom. The van der Waals surface area contributed by atoms with Gasteiger partial charge in [0, 0.05) is 26.2 Å². The Bertz CT molecular complexity index is 623. The topological polar surface area (TPSA) is 83.7 Å². The zero-order valence-corrected chi connectivity index (χ0v) is 14.5. The summed E-state index contributed by atoms with van der Waals surface area (Å²) in [7, 11) is -3.36. The van der Waals surface area contributed by atoms with Crippen LogP contribution < -0.4 is 5.73 Å². The van der Waals surface area contributed by atoms with Crippen LogP contribution in [0.1, 0.15) is 19.4 Å². The molecule has 1 fully saturated rings. The molecular weight excluding hydrogens is 314 g/mol. The van der Waals surface area contributed by atoms with Crippen molar-refractivity contribution in [1.82, 2.24) is 9.21 Å². The van der Waals surface area contributed by atoms with Crippen molar-refractivity contribution < 1.29 is 13.2 Å². The van der Waals surface area contributed by atoms with E-state index in [2.05, 4.69) is 0 Å². The Kier molecular flexibility index (Phi) is 5.78. The Hall–Kier alpha value is -1.44. The second kappa shape index (κ2) is 7.42. The Labute approximate surface area is 138 Å². The first kappa shape index (κ1) is 17.9. The van der Waals surface area contributed by atoms with Crippen LogP contribution in [0.5, 0.6) is 0 Å². The van der Waals surface area contributed by atoms with E-state index in [-0.39, 0.29) is 17.6 Å². The van der Waals surface area contributed by atoms with Crippen molar-refractivity contribution in [2.45, 2.75) is 25.6 Å². The second-order valence-electron chi connectivity index (χ2n) is 6.24. The van der Waals surface area contributed by atoms with Gasteiger partial charge in [-0.15, -0.1) is 0 Å². The molecule has 23 heavy (non-hydrogen) atoms. The van der Waals surface area contributed by atoms with E-state index in [0.717, 1.165) is 5.56 Å². The van der Waals surface area contributed by atoms with Crippen molar-refractivity contribution in [1.29, 1.82) is 0 Å². The first-order valence-electron chi connectivity index (χ1n) is 7.87. The Balaban J connectivity index is 1.94. The third-order valence-corrected chi connectivity index (χ3v) is 5.99. The van der Waals surface area contributed by atoms with Crippen LogP contribution in [0.2, 0.25) is 0 Å². The third-order valence-electron chi connectivity index (χ3n) is 4.14. The van der Waals surface area contributed by atoms with Crippen LogP contribution in [-0.2, 0) is 20.6 Å². The van der Waals surface area contributed by atoms with E-state index < -0.39 is 16.1 Å². The van der Waals surface area contributed by atoms with Gasteiger partial charge >= 0.3 is 0 Å². The largest absolute Gasteiger partial charge is 0.339 e. The number of hydrogen-bond acceptors (Lipinski definition) is 4. The molecule has 0 bridgehead atoms. The van der Waals surface area contributed by atoms with E-state index in [9.17, 15) is 13.2 Å². The maximum Gasteiger partial charge on any atom is 0.239 e. The summed E-state index contributed by atoms with van der Waals surface area (Å²) in [6.07, 6.45) is 0. The van der Waals surface area contributed by atoms with Crippen molar-refractivity contribution >= 4 is 15.9 Å². The molecule has 7 heteroatoms. The fraction of sp³-hybridized carbons (Fsp3) is 0.562. The monoisotopic (exact) mass is 339 g/mol. The highest BCUT2D eigenvalue weighted by molar-refractivity contribution is 7.88. The molecule has 0 aliphatic carbocycles. The minimum absolute atomic E-state index is 0.00665. The summed E-state index contributed by atoms with van der Waals surface area (Å²) < 4.78 is 26.4. The van der Waals surface area contributed by atoms with E-state index >= 15 is 0 Å². The van der Waals surface area contributed by atoms with Crippen LogP contribution in [0, 0.1) is 5.92 Å². The number of carbonyl (C=O) groups excluding carboxylic acids is 1. The predicted molar refractivity (Wildman–Crippen MR) is 90.0 cm³/mol. The van der Waals surface area contributed by atoms with E-state index in [0.29, 0.717) is 26.2 Å². The summed E-state index contributed by atoms with van der Waals surface area (Å²) in [5.41, 5.74) is 6.66. The van der Waals surface area contributed by atoms with Crippen LogP contribution in [0.25, 0.3) is 0 Å². The van der Waals surface area contributed by atoms with Crippen molar-refractivity contribution in [3.05, 3.63) is 35.9 Å². The van der Waals surface area contributed by atoms with Gasteiger partial charge in [0.05, 0.1) is 11.8 Å². The molecule has 0 aromatic heterocycles. The highest BCUT2D eigenvalue weighted by Gasteiger charge is 2.31. The molecule has 1 amide bonds. The number of nitrogens with two attached hydrogens (primary N) is 1. The lowest BCUT2D eigenvalue weighted by atomic mass is 10.0. The van der Waals surface area contributed by atoms with Gasteiger partial charge in [0.25, 0.3) is 0 Å². The highest BCUT2D eigenvalue weighted by Crippen LogP contribution is 2.14. The highest BCUT2D eigenvalue weighted by atomic mass is 32.2. The van der Waals surface area contributed by atoms with Gasteiger partial charge in [-0.1, -0.05) is 44.2 Å². The molecule has 128 valence electrons. The zero-order valence-electron chi connectivity index (χ0n) is 13.7. The average molecular weight is 339 g/mol. The lowest BCUT2D eigenvalue weighted by Crippen LogP contribution is -2.55. The summed E-state index contributed by atoms with van der Waals surface area (Å²) in [6, 6.07) is 8.60. The quantitative estimate of drug-likeness (QED) is 0.853. The molecule has 2 rings (SSSR count). The van der Waals surface area contributed by atoms with Gasteiger partial charge in [-0.05, 0) is 11.5 Å². The molecule has 1 saturated heterocycles. The average Bonchev–Trinajstić information content (AvgIpc) is 2.54. The van der Waals surface area contributed by atoms with E-state index in [1.54, 1.807) is 17.0 Å². The maximum absolute atomic E-state index is 12.5. The fourth-order valence-electron chi connectivity index (χ4n) is 2.56. The van der Waals surface area contributed by atoms with Crippen LogP contribution in [0.15, 0.2) is 30.3 Å². The van der Waals surface area contributed by atoms with Gasteiger partial charge in [-0.25, -0.2) is 8.42 Å². The van der Waals surface area contributed by atoms with Crippen LogP contribution >= 0.6 is 0 Å². The molecule has 1 aliphatic heterocycles. The molecule has 0 unspecified atom stereocenters. The molecule has 0 radical (unpaired) electrons. The maximum atomic E-state index is 12.5. The number of benzene rings is 1. The van der Waals surface area contributed by atoms with Crippen molar-refractivity contribution in [2.75, 3.05) is 26.2 Å². The summed E-state index contributed by atoms with van der Waals surface area (Å²) in [6.45, 7) is 5.25. The predicted octanol–water partition coefficient (Wildman–Crippen LogP) is 0.644. The van der Waals surface area contributed by atoms with Crippen LogP contribution in [0.4, 0.5) is 0 Å². The smallest absolute Gasteiger partial charge is 0.239 e. The van der Waals surface area contributed by atoms with Crippen molar-refractivity contribution in [2.24, 2.45) is 11.7 Å². The summed E-state index contributed by atoms with van der Waals surface area (Å²) in [5.74, 6) is -0.0322. The molecule has 1 heterocycles. The molecule has 2 N–H and O–H groups in total. The number of sulfonamides is 1. The van der Waals surface area contributed by atoms with Crippen LogP contribution in [0.3, 0.4) is 0 Å². The Morgan fingerprint density at radius 1 is 1.13 bits per heavy atom. The minimum atomic E-state index is -3.36. The number of carbonyl (C=O) groups is 1. The molecule has 1 aromatic carbocycles. The van der Waals surface area contributed by atoms with Gasteiger partial charge in [0.15, 0.2) is 0 Å². The number of hydrogen-bond donors (Lipinski definition) is 1. The first-order valence-corrected chi connectivity index (χ1v) is 9.48. The standard InChI is InChI=1S/C16H25N3O3S/c1-13(2)15(17)16(20)18-8-10-19(11-9-18)23(21,22)12-14-6-4-3-5-7-14/h3-7,13,15H,8-12,17H2,1-2H3/t15-/m0/s1. The molecule has 0 spiro atoms. The number of piperazine rings is 1. The van der Waals surface area contributed by atoms with Gasteiger partial charge in [0.1, 0.15) is 0 Å². The summed E-state index contributed by atoms with van der Waals surface area (Å²) in [4.78, 5) is 13.9. The summed E-state index contributed by atoms with van der Waals surface area (Å²) in [5, 5.41) is 0. The number of nitrogens with zero attached hydrogens (tertiary/aromatic N) is 2. The van der Waals surface area contributed by atoms with Gasteiger partial charge in [-0.2, -0.15) is 4.31 Å². The van der Waals surface area contributed by atoms with Crippen LogP contribution in [-0.4, -0.2) is 55.8 Å². The van der Waals surface area contributed by atoms with Gasteiger partial charge in [0.2, 0.25) is 15.9 Å². The van der Waals surface area contributed by atoms with Crippen molar-refractivity contribution in [3.63, 3.8) is 0 Å². The molecule has 1 atom stereocenters. The zero-order chi connectivity index (χ0) is 17.0. The minimum Gasteiger partial charge on any atom is -0.339 e. The molecule has 6 nitrogen and oxygen atoms in total. The third kappa shape index (κ3) is 4.53. The normalized spacial score (nSPS) is 18.2. The Morgan fingerprint density at radius 2 is 1.70 bits per heavy atom. The van der Waals surface area contributed by atoms with Gasteiger partial charge < -0.3 is 10.6 Å². The van der Waals surface area contributed by atoms with Crippen molar-refractivity contribution in [3.8, 4) is 0 Å². The molecular formula is C16H25N3O3S. The lowest BCUT2D eigenvalue weighted by Gasteiger charge is -2.35. The SMILES string of the molecule is CC(C)[C@H](N)C(=O)N1CCN(S(=O)(=O)Cc2ccccc2)CC1. The molecule has 0 saturated carbocycles. The van der Waals surface area contributed by atoms with E-state index in [4.69, 9.17) is 5.73 Å². The van der Waals surface area contributed by atoms with E-state index in [1.807, 2.05) is 32.0 Å². The number of rotatable bonds is 5. The fourth-order valence-corrected chi connectivity index (χ4v) is 4.07. The second-order valence-corrected chi connectivity index (χ2v) is 8.20. The lowest BCUT2D eigenvalue weighted by molar-refractivity contribution is -0.134. The molecule has 1 aliphatic rings. The first-order chi connectivity index (χ1) is 10.8. The number of amides is 1.